The number of nitrogens with zero attached hydrogens (tertiary/aromatic N) is 1. The van der Waals surface area contributed by atoms with E-state index in [0.29, 0.717) is 6.04 Å². The Labute approximate surface area is 125 Å². The van der Waals surface area contributed by atoms with Crippen LogP contribution in [-0.2, 0) is 0 Å². The lowest BCUT2D eigenvalue weighted by molar-refractivity contribution is 0.509. The van der Waals surface area contributed by atoms with Crippen LogP contribution in [0.3, 0.4) is 0 Å². The van der Waals surface area contributed by atoms with Crippen LogP contribution in [0.1, 0.15) is 46.1 Å². The standard InChI is InChI=1S/C18H32N2/c1-6-20(18-11-7-9-16(4)13-18)17(5)10-8-12-19-14-15(2)3/h7,9,11,13,15,17,19H,6,8,10,12,14H2,1-5H3. The Hall–Kier alpha value is -1.02. The van der Waals surface area contributed by atoms with Gasteiger partial charge in [0.2, 0.25) is 0 Å². The summed E-state index contributed by atoms with van der Waals surface area (Å²) >= 11 is 0. The molecule has 2 nitrogen and oxygen atoms in total. The largest absolute Gasteiger partial charge is 0.369 e. The molecule has 0 bridgehead atoms. The third-order valence-electron chi connectivity index (χ3n) is 3.73. The van der Waals surface area contributed by atoms with Crippen molar-refractivity contribution in [3.63, 3.8) is 0 Å². The Balaban J connectivity index is 2.41. The molecule has 0 amide bonds. The van der Waals surface area contributed by atoms with Crippen molar-refractivity contribution in [1.29, 1.82) is 0 Å². The van der Waals surface area contributed by atoms with E-state index in [1.807, 2.05) is 0 Å². The lowest BCUT2D eigenvalue weighted by atomic mass is 10.1. The van der Waals surface area contributed by atoms with Crippen molar-refractivity contribution in [1.82, 2.24) is 5.32 Å². The van der Waals surface area contributed by atoms with Crippen LogP contribution >= 0.6 is 0 Å². The number of anilines is 1. The summed E-state index contributed by atoms with van der Waals surface area (Å²) in [6.45, 7) is 14.6. The number of nitrogens with one attached hydrogen (secondary N) is 1. The topological polar surface area (TPSA) is 15.3 Å². The van der Waals surface area contributed by atoms with Gasteiger partial charge >= 0.3 is 0 Å². The first kappa shape index (κ1) is 17.0. The van der Waals surface area contributed by atoms with Gasteiger partial charge < -0.3 is 10.2 Å². The van der Waals surface area contributed by atoms with Gasteiger partial charge in [0.15, 0.2) is 0 Å². The highest BCUT2D eigenvalue weighted by molar-refractivity contribution is 5.49. The third-order valence-corrected chi connectivity index (χ3v) is 3.73. The number of aryl methyl sites for hydroxylation is 1. The van der Waals surface area contributed by atoms with Gasteiger partial charge in [-0.1, -0.05) is 26.0 Å². The summed E-state index contributed by atoms with van der Waals surface area (Å²) in [5.74, 6) is 0.742. The van der Waals surface area contributed by atoms with E-state index < -0.39 is 0 Å². The van der Waals surface area contributed by atoms with E-state index in [0.717, 1.165) is 25.6 Å². The minimum atomic E-state index is 0.600. The second-order valence-corrected chi connectivity index (χ2v) is 6.21. The minimum Gasteiger partial charge on any atom is -0.369 e. The fourth-order valence-corrected chi connectivity index (χ4v) is 2.62. The average molecular weight is 276 g/mol. The van der Waals surface area contributed by atoms with Crippen LogP contribution in [0, 0.1) is 12.8 Å². The molecule has 0 aromatic heterocycles. The molecule has 114 valence electrons. The molecule has 1 unspecified atom stereocenters. The first-order valence-electron chi connectivity index (χ1n) is 8.08. The Morgan fingerprint density at radius 3 is 2.55 bits per heavy atom. The summed E-state index contributed by atoms with van der Waals surface area (Å²) in [6.07, 6.45) is 2.49. The maximum absolute atomic E-state index is 3.53. The van der Waals surface area contributed by atoms with Crippen molar-refractivity contribution in [2.24, 2.45) is 5.92 Å². The Morgan fingerprint density at radius 1 is 1.20 bits per heavy atom. The zero-order valence-corrected chi connectivity index (χ0v) is 13.9. The Bertz CT molecular complexity index is 373. The van der Waals surface area contributed by atoms with Crippen molar-refractivity contribution >= 4 is 5.69 Å². The molecule has 1 atom stereocenters. The van der Waals surface area contributed by atoms with Crippen LogP contribution in [0.25, 0.3) is 0 Å². The predicted molar refractivity (Wildman–Crippen MR) is 90.6 cm³/mol. The summed E-state index contributed by atoms with van der Waals surface area (Å²) in [5.41, 5.74) is 2.70. The fraction of sp³-hybridized carbons (Fsp3) is 0.667. The van der Waals surface area contributed by atoms with E-state index in [2.05, 4.69) is 69.1 Å². The van der Waals surface area contributed by atoms with Gasteiger partial charge in [0.1, 0.15) is 0 Å². The maximum Gasteiger partial charge on any atom is 0.0371 e. The molecule has 0 spiro atoms. The van der Waals surface area contributed by atoms with E-state index in [1.165, 1.54) is 24.1 Å². The molecule has 1 rings (SSSR count). The van der Waals surface area contributed by atoms with E-state index in [9.17, 15) is 0 Å². The van der Waals surface area contributed by atoms with Crippen LogP contribution in [0.2, 0.25) is 0 Å². The first-order valence-corrected chi connectivity index (χ1v) is 8.08. The van der Waals surface area contributed by atoms with Crippen LogP contribution in [-0.4, -0.2) is 25.7 Å². The minimum absolute atomic E-state index is 0.600. The molecule has 0 radical (unpaired) electrons. The van der Waals surface area contributed by atoms with Gasteiger partial charge in [-0.3, -0.25) is 0 Å². The second kappa shape index (κ2) is 9.02. The molecule has 20 heavy (non-hydrogen) atoms. The lowest BCUT2D eigenvalue weighted by Gasteiger charge is -2.30. The molecule has 0 aliphatic carbocycles. The summed E-state index contributed by atoms with van der Waals surface area (Å²) in [6, 6.07) is 9.44. The van der Waals surface area contributed by atoms with Crippen molar-refractivity contribution in [2.45, 2.75) is 53.5 Å². The normalized spacial score (nSPS) is 12.7. The van der Waals surface area contributed by atoms with Gasteiger partial charge in [-0.25, -0.2) is 0 Å². The van der Waals surface area contributed by atoms with Crippen LogP contribution in [0.4, 0.5) is 5.69 Å². The second-order valence-electron chi connectivity index (χ2n) is 6.21. The number of benzene rings is 1. The van der Waals surface area contributed by atoms with Crippen LogP contribution in [0.15, 0.2) is 24.3 Å². The van der Waals surface area contributed by atoms with Crippen LogP contribution in [0.5, 0.6) is 0 Å². The smallest absolute Gasteiger partial charge is 0.0371 e. The molecule has 1 aromatic rings. The van der Waals surface area contributed by atoms with Gasteiger partial charge in [-0.2, -0.15) is 0 Å². The Morgan fingerprint density at radius 2 is 1.95 bits per heavy atom. The predicted octanol–water partition coefficient (Wildman–Crippen LogP) is 4.24. The van der Waals surface area contributed by atoms with E-state index in [-0.39, 0.29) is 0 Å². The molecule has 2 heteroatoms. The molecule has 0 heterocycles. The van der Waals surface area contributed by atoms with E-state index in [1.54, 1.807) is 0 Å². The number of hydrogen-bond acceptors (Lipinski definition) is 2. The van der Waals surface area contributed by atoms with Crippen molar-refractivity contribution in [2.75, 3.05) is 24.5 Å². The molecule has 0 aliphatic rings. The van der Waals surface area contributed by atoms with Gasteiger partial charge in [0, 0.05) is 18.3 Å². The summed E-state index contributed by atoms with van der Waals surface area (Å²) in [5, 5.41) is 3.53. The zero-order valence-electron chi connectivity index (χ0n) is 13.9. The highest BCUT2D eigenvalue weighted by Crippen LogP contribution is 2.20. The van der Waals surface area contributed by atoms with Crippen molar-refractivity contribution < 1.29 is 0 Å². The molecule has 0 fully saturated rings. The fourth-order valence-electron chi connectivity index (χ4n) is 2.62. The van der Waals surface area contributed by atoms with E-state index >= 15 is 0 Å². The molecule has 0 saturated carbocycles. The molecular weight excluding hydrogens is 244 g/mol. The molecular formula is C18H32N2. The first-order chi connectivity index (χ1) is 9.54. The van der Waals surface area contributed by atoms with Crippen molar-refractivity contribution in [3.05, 3.63) is 29.8 Å². The molecule has 0 aliphatic heterocycles. The van der Waals surface area contributed by atoms with Crippen molar-refractivity contribution in [3.8, 4) is 0 Å². The highest BCUT2D eigenvalue weighted by atomic mass is 15.1. The number of rotatable bonds is 9. The summed E-state index contributed by atoms with van der Waals surface area (Å²) in [7, 11) is 0. The van der Waals surface area contributed by atoms with Gasteiger partial charge in [-0.05, 0) is 70.3 Å². The quantitative estimate of drug-likeness (QED) is 0.679. The Kier molecular flexibility index (Phi) is 7.68. The van der Waals surface area contributed by atoms with E-state index in [4.69, 9.17) is 0 Å². The van der Waals surface area contributed by atoms with Crippen LogP contribution < -0.4 is 10.2 Å². The third kappa shape index (κ3) is 5.96. The highest BCUT2D eigenvalue weighted by Gasteiger charge is 2.12. The maximum atomic E-state index is 3.53. The monoisotopic (exact) mass is 276 g/mol. The van der Waals surface area contributed by atoms with Gasteiger partial charge in [0.05, 0.1) is 0 Å². The molecule has 1 aromatic carbocycles. The summed E-state index contributed by atoms with van der Waals surface area (Å²) < 4.78 is 0. The molecule has 1 N–H and O–H groups in total. The van der Waals surface area contributed by atoms with Gasteiger partial charge in [0.25, 0.3) is 0 Å². The zero-order chi connectivity index (χ0) is 15.0. The van der Waals surface area contributed by atoms with Gasteiger partial charge in [-0.15, -0.1) is 0 Å². The SMILES string of the molecule is CCN(c1cccc(C)c1)C(C)CCCNCC(C)C. The summed E-state index contributed by atoms with van der Waals surface area (Å²) in [4.78, 5) is 2.51. The average Bonchev–Trinajstić information content (AvgIpc) is 2.39. The lowest BCUT2D eigenvalue weighted by Crippen LogP contribution is -2.33. The number of hydrogen-bond donors (Lipinski definition) is 1. The molecule has 0 saturated heterocycles.